The minimum absolute atomic E-state index is 0.237. The van der Waals surface area contributed by atoms with Gasteiger partial charge in [0, 0.05) is 29.0 Å². The lowest BCUT2D eigenvalue weighted by molar-refractivity contribution is -0.119. The van der Waals surface area contributed by atoms with E-state index in [1.165, 1.54) is 11.8 Å². The Hall–Kier alpha value is -2.73. The minimum atomic E-state index is -0.328. The predicted molar refractivity (Wildman–Crippen MR) is 100 cm³/mol. The van der Waals surface area contributed by atoms with Crippen LogP contribution in [0.5, 0.6) is 0 Å². The molecule has 0 spiro atoms. The van der Waals surface area contributed by atoms with Crippen LogP contribution in [-0.2, 0) is 11.8 Å². The molecule has 3 aromatic rings. The largest absolute Gasteiger partial charge is 0.350 e. The molecule has 6 heteroatoms. The lowest BCUT2D eigenvalue weighted by Crippen LogP contribution is -2.42. The first-order chi connectivity index (χ1) is 12.1. The number of hydrogen-bond donors (Lipinski definition) is 2. The number of carbonyl (C=O) groups is 2. The fourth-order valence-electron chi connectivity index (χ4n) is 2.61. The molecule has 3 rings (SSSR count). The van der Waals surface area contributed by atoms with Crippen LogP contribution in [0.1, 0.15) is 15.9 Å². The quantitative estimate of drug-likeness (QED) is 0.560. The van der Waals surface area contributed by atoms with Crippen LogP contribution in [0.15, 0.2) is 59.6 Å². The van der Waals surface area contributed by atoms with E-state index in [9.17, 15) is 9.59 Å². The smallest absolute Gasteiger partial charge is 0.271 e. The molecule has 0 aliphatic heterocycles. The second-order valence-corrected chi connectivity index (χ2v) is 6.74. The molecule has 0 atom stereocenters. The number of fused-ring (bicyclic) bond motifs is 1. The van der Waals surface area contributed by atoms with Gasteiger partial charge in [0.25, 0.3) is 5.91 Å². The van der Waals surface area contributed by atoms with Crippen LogP contribution in [0, 0.1) is 6.92 Å². The Morgan fingerprint density at radius 2 is 1.76 bits per heavy atom. The van der Waals surface area contributed by atoms with Gasteiger partial charge in [-0.05, 0) is 24.6 Å². The van der Waals surface area contributed by atoms with Gasteiger partial charge < -0.3 is 4.57 Å². The Balaban J connectivity index is 1.58. The van der Waals surface area contributed by atoms with E-state index in [-0.39, 0.29) is 17.6 Å². The summed E-state index contributed by atoms with van der Waals surface area (Å²) >= 11 is 1.44. The van der Waals surface area contributed by atoms with Gasteiger partial charge in [0.05, 0.1) is 11.3 Å². The summed E-state index contributed by atoms with van der Waals surface area (Å²) in [6.45, 7) is 2.00. The first-order valence-corrected chi connectivity index (χ1v) is 8.86. The number of hydrazine groups is 1. The molecule has 25 heavy (non-hydrogen) atoms. The van der Waals surface area contributed by atoms with Gasteiger partial charge in [0.1, 0.15) is 0 Å². The van der Waals surface area contributed by atoms with E-state index in [4.69, 9.17) is 0 Å². The molecule has 0 aliphatic carbocycles. The van der Waals surface area contributed by atoms with Gasteiger partial charge in [-0.25, -0.2) is 0 Å². The average Bonchev–Trinajstić information content (AvgIpc) is 2.96. The number of rotatable bonds is 4. The summed E-state index contributed by atoms with van der Waals surface area (Å²) in [5.74, 6) is -0.339. The molecule has 2 N–H and O–H groups in total. The molecule has 5 nitrogen and oxygen atoms in total. The number of benzene rings is 2. The Morgan fingerprint density at radius 3 is 2.56 bits per heavy atom. The molecule has 0 fully saturated rings. The van der Waals surface area contributed by atoms with E-state index in [0.717, 1.165) is 21.4 Å². The van der Waals surface area contributed by atoms with Gasteiger partial charge in [-0.3, -0.25) is 20.4 Å². The van der Waals surface area contributed by atoms with Crippen molar-refractivity contribution in [2.75, 3.05) is 5.75 Å². The monoisotopic (exact) mass is 353 g/mol. The molecule has 0 saturated heterocycles. The Bertz CT molecular complexity index is 933. The SMILES string of the molecule is Cc1ccccc1SCC(=O)NNC(=O)c1cn(C)c2ccccc12. The summed E-state index contributed by atoms with van der Waals surface area (Å²) in [6.07, 6.45) is 1.76. The van der Waals surface area contributed by atoms with E-state index in [1.807, 2.05) is 67.1 Å². The highest BCUT2D eigenvalue weighted by Gasteiger charge is 2.14. The van der Waals surface area contributed by atoms with E-state index < -0.39 is 0 Å². The van der Waals surface area contributed by atoms with Crippen LogP contribution in [0.2, 0.25) is 0 Å². The molecule has 0 aliphatic rings. The zero-order valence-electron chi connectivity index (χ0n) is 14.1. The van der Waals surface area contributed by atoms with Crippen molar-refractivity contribution in [1.29, 1.82) is 0 Å². The zero-order chi connectivity index (χ0) is 17.8. The minimum Gasteiger partial charge on any atom is -0.350 e. The molecule has 0 bridgehead atoms. The van der Waals surface area contributed by atoms with E-state index >= 15 is 0 Å². The normalized spacial score (nSPS) is 10.6. The molecule has 0 saturated carbocycles. The molecule has 0 radical (unpaired) electrons. The molecule has 0 unspecified atom stereocenters. The van der Waals surface area contributed by atoms with Crippen LogP contribution >= 0.6 is 11.8 Å². The van der Waals surface area contributed by atoms with Gasteiger partial charge in [-0.1, -0.05) is 36.4 Å². The van der Waals surface area contributed by atoms with Crippen molar-refractivity contribution in [2.24, 2.45) is 7.05 Å². The van der Waals surface area contributed by atoms with E-state index in [1.54, 1.807) is 6.20 Å². The second kappa shape index (κ2) is 7.44. The van der Waals surface area contributed by atoms with Crippen LogP contribution < -0.4 is 10.9 Å². The predicted octanol–water partition coefficient (Wildman–Crippen LogP) is 3.04. The second-order valence-electron chi connectivity index (χ2n) is 5.73. The number of nitrogens with one attached hydrogen (secondary N) is 2. The van der Waals surface area contributed by atoms with Gasteiger partial charge in [-0.2, -0.15) is 0 Å². The van der Waals surface area contributed by atoms with Crippen LogP contribution in [0.4, 0.5) is 0 Å². The van der Waals surface area contributed by atoms with Crippen molar-refractivity contribution >= 4 is 34.5 Å². The van der Waals surface area contributed by atoms with Crippen molar-refractivity contribution in [3.05, 3.63) is 65.9 Å². The van der Waals surface area contributed by atoms with Gasteiger partial charge >= 0.3 is 0 Å². The Morgan fingerprint density at radius 1 is 1.04 bits per heavy atom. The summed E-state index contributed by atoms with van der Waals surface area (Å²) < 4.78 is 1.89. The average molecular weight is 353 g/mol. The standard InChI is InChI=1S/C19H19N3O2S/c1-13-7-3-6-10-17(13)25-12-18(23)20-21-19(24)15-11-22(2)16-9-5-4-8-14(15)16/h3-11H,12H2,1-2H3,(H,20,23)(H,21,24). The molecule has 2 amide bonds. The first kappa shape index (κ1) is 17.1. The fourth-order valence-corrected chi connectivity index (χ4v) is 3.44. The van der Waals surface area contributed by atoms with Crippen molar-refractivity contribution in [3.63, 3.8) is 0 Å². The van der Waals surface area contributed by atoms with Gasteiger partial charge in [0.2, 0.25) is 5.91 Å². The highest BCUT2D eigenvalue weighted by molar-refractivity contribution is 8.00. The van der Waals surface area contributed by atoms with E-state index in [2.05, 4.69) is 10.9 Å². The lowest BCUT2D eigenvalue weighted by Gasteiger charge is -2.08. The molecule has 2 aromatic carbocycles. The highest BCUT2D eigenvalue weighted by atomic mass is 32.2. The van der Waals surface area contributed by atoms with Gasteiger partial charge in [0.15, 0.2) is 0 Å². The molecule has 1 aromatic heterocycles. The van der Waals surface area contributed by atoms with Crippen molar-refractivity contribution in [2.45, 2.75) is 11.8 Å². The van der Waals surface area contributed by atoms with Crippen LogP contribution in [0.3, 0.4) is 0 Å². The summed E-state index contributed by atoms with van der Waals surface area (Å²) in [5.41, 5.74) is 7.59. The maximum Gasteiger partial charge on any atom is 0.271 e. The Kier molecular flexibility index (Phi) is 5.09. The summed E-state index contributed by atoms with van der Waals surface area (Å²) in [4.78, 5) is 25.4. The first-order valence-electron chi connectivity index (χ1n) is 7.88. The summed E-state index contributed by atoms with van der Waals surface area (Å²) in [5, 5.41) is 0.853. The van der Waals surface area contributed by atoms with E-state index in [0.29, 0.717) is 5.56 Å². The highest BCUT2D eigenvalue weighted by Crippen LogP contribution is 2.21. The van der Waals surface area contributed by atoms with Crippen molar-refractivity contribution in [3.8, 4) is 0 Å². The van der Waals surface area contributed by atoms with Crippen molar-refractivity contribution < 1.29 is 9.59 Å². The number of nitrogens with zero attached hydrogens (tertiary/aromatic N) is 1. The topological polar surface area (TPSA) is 63.1 Å². The molecular weight excluding hydrogens is 334 g/mol. The van der Waals surface area contributed by atoms with Gasteiger partial charge in [-0.15, -0.1) is 11.8 Å². The number of aromatic nitrogens is 1. The van der Waals surface area contributed by atoms with Crippen LogP contribution in [0.25, 0.3) is 10.9 Å². The fraction of sp³-hybridized carbons (Fsp3) is 0.158. The summed E-state index contributed by atoms with van der Waals surface area (Å²) in [7, 11) is 1.89. The Labute approximate surface area is 150 Å². The number of aryl methyl sites for hydroxylation is 2. The summed E-state index contributed by atoms with van der Waals surface area (Å²) in [6, 6.07) is 15.5. The third kappa shape index (κ3) is 3.85. The number of thioether (sulfide) groups is 1. The maximum absolute atomic E-state index is 12.4. The number of hydrogen-bond acceptors (Lipinski definition) is 3. The maximum atomic E-state index is 12.4. The molecule has 1 heterocycles. The van der Waals surface area contributed by atoms with Crippen LogP contribution in [-0.4, -0.2) is 22.1 Å². The lowest BCUT2D eigenvalue weighted by atomic mass is 10.2. The third-order valence-corrected chi connectivity index (χ3v) is 5.08. The zero-order valence-corrected chi connectivity index (χ0v) is 14.9. The number of para-hydroxylation sites is 1. The molecular formula is C19H19N3O2S. The molecule has 128 valence electrons. The number of amides is 2. The third-order valence-electron chi connectivity index (χ3n) is 3.91. The van der Waals surface area contributed by atoms with Crippen molar-refractivity contribution in [1.82, 2.24) is 15.4 Å². The number of carbonyl (C=O) groups excluding carboxylic acids is 2.